The molecule has 2 heterocycles. The highest BCUT2D eigenvalue weighted by Crippen LogP contribution is 2.29. The van der Waals surface area contributed by atoms with Crippen molar-refractivity contribution in [3.8, 4) is 5.75 Å². The molecule has 1 aliphatic heterocycles. The van der Waals surface area contributed by atoms with Gasteiger partial charge in [0.1, 0.15) is 16.6 Å². The summed E-state index contributed by atoms with van der Waals surface area (Å²) in [4.78, 5) is 12.7. The highest BCUT2D eigenvalue weighted by molar-refractivity contribution is 7.94. The molecule has 3 aromatic rings. The molecule has 0 spiro atoms. The highest BCUT2D eigenvalue weighted by Gasteiger charge is 2.18. The van der Waals surface area contributed by atoms with Crippen LogP contribution >= 0.6 is 22.9 Å². The van der Waals surface area contributed by atoms with Crippen molar-refractivity contribution in [1.29, 1.82) is 0 Å². The molecule has 2 aromatic carbocycles. The number of benzene rings is 2. The number of rotatable bonds is 8. The van der Waals surface area contributed by atoms with Gasteiger partial charge < -0.3 is 14.8 Å². The normalized spacial score (nSPS) is 16.0. The standard InChI is InChI=1S/C22H21ClN2O5S2/c23-16-7-10-20(30-14-18-3-1-11-29-18)19(13-16)24-22(26)15-5-8-17(9-6-15)25-32(27,28)21-4-2-12-31-21/h2,4-10,12-13,18,25H,1,3,11,14H2,(H,24,26). The Morgan fingerprint density at radius 3 is 2.69 bits per heavy atom. The molecule has 1 unspecified atom stereocenters. The summed E-state index contributed by atoms with van der Waals surface area (Å²) in [6, 6.07) is 14.4. The van der Waals surface area contributed by atoms with Crippen molar-refractivity contribution in [3.05, 3.63) is 70.6 Å². The summed E-state index contributed by atoms with van der Waals surface area (Å²) in [5, 5.41) is 4.96. The van der Waals surface area contributed by atoms with E-state index in [1.807, 2.05) is 0 Å². The summed E-state index contributed by atoms with van der Waals surface area (Å²) in [7, 11) is -3.65. The first kappa shape index (κ1) is 22.6. The van der Waals surface area contributed by atoms with Gasteiger partial charge >= 0.3 is 0 Å². The van der Waals surface area contributed by atoms with Crippen LogP contribution in [0.4, 0.5) is 11.4 Å². The van der Waals surface area contributed by atoms with Crippen LogP contribution in [0.3, 0.4) is 0 Å². The molecule has 32 heavy (non-hydrogen) atoms. The molecule has 0 radical (unpaired) electrons. The molecule has 10 heteroatoms. The monoisotopic (exact) mass is 492 g/mol. The SMILES string of the molecule is O=C(Nc1cc(Cl)ccc1OCC1CCCO1)c1ccc(NS(=O)(=O)c2cccs2)cc1. The molecule has 7 nitrogen and oxygen atoms in total. The minimum atomic E-state index is -3.65. The molecule has 0 aliphatic carbocycles. The Labute approximate surface area is 195 Å². The number of halogens is 1. The Kier molecular flexibility index (Phi) is 7.00. The summed E-state index contributed by atoms with van der Waals surface area (Å²) in [5.41, 5.74) is 1.16. The second-order valence-corrected chi connectivity index (χ2v) is 10.4. The molecule has 4 rings (SSSR count). The van der Waals surface area contributed by atoms with Crippen molar-refractivity contribution in [1.82, 2.24) is 0 Å². The van der Waals surface area contributed by atoms with Crippen LogP contribution in [0.1, 0.15) is 23.2 Å². The third-order valence-electron chi connectivity index (χ3n) is 4.80. The first-order valence-corrected chi connectivity index (χ1v) is 12.7. The summed E-state index contributed by atoms with van der Waals surface area (Å²) in [5.74, 6) is 0.125. The largest absolute Gasteiger partial charge is 0.489 e. The third kappa shape index (κ3) is 5.60. The zero-order valence-electron chi connectivity index (χ0n) is 16.9. The number of amides is 1. The first-order valence-electron chi connectivity index (χ1n) is 9.92. The zero-order valence-corrected chi connectivity index (χ0v) is 19.3. The second kappa shape index (κ2) is 9.91. The van der Waals surface area contributed by atoms with E-state index in [0.29, 0.717) is 34.3 Å². The average molecular weight is 493 g/mol. The van der Waals surface area contributed by atoms with Crippen LogP contribution in [-0.4, -0.2) is 33.6 Å². The van der Waals surface area contributed by atoms with Gasteiger partial charge in [-0.2, -0.15) is 0 Å². The molecule has 1 saturated heterocycles. The van der Waals surface area contributed by atoms with Gasteiger partial charge in [-0.1, -0.05) is 17.7 Å². The van der Waals surface area contributed by atoms with Crippen LogP contribution in [0, 0.1) is 0 Å². The second-order valence-electron chi connectivity index (χ2n) is 7.16. The lowest BCUT2D eigenvalue weighted by Crippen LogP contribution is -2.18. The van der Waals surface area contributed by atoms with Crippen molar-refractivity contribution in [2.45, 2.75) is 23.2 Å². The molecule has 1 amide bonds. The number of sulfonamides is 1. The lowest BCUT2D eigenvalue weighted by Gasteiger charge is -2.15. The van der Waals surface area contributed by atoms with Gasteiger partial charge in [0.05, 0.1) is 11.8 Å². The minimum absolute atomic E-state index is 0.0414. The van der Waals surface area contributed by atoms with Crippen LogP contribution in [-0.2, 0) is 14.8 Å². The van der Waals surface area contributed by atoms with Gasteiger partial charge in [0.15, 0.2) is 0 Å². The van der Waals surface area contributed by atoms with Gasteiger partial charge in [0, 0.05) is 22.9 Å². The number of carbonyl (C=O) groups excluding carboxylic acids is 1. The van der Waals surface area contributed by atoms with E-state index in [9.17, 15) is 13.2 Å². The molecule has 168 valence electrons. The van der Waals surface area contributed by atoms with Gasteiger partial charge in [-0.25, -0.2) is 8.42 Å². The summed E-state index contributed by atoms with van der Waals surface area (Å²) < 4.78 is 38.8. The first-order chi connectivity index (χ1) is 15.4. The van der Waals surface area contributed by atoms with Crippen molar-refractivity contribution < 1.29 is 22.7 Å². The van der Waals surface area contributed by atoms with E-state index in [2.05, 4.69) is 10.0 Å². The molecule has 1 aliphatic rings. The van der Waals surface area contributed by atoms with Gasteiger partial charge in [-0.3, -0.25) is 9.52 Å². The zero-order chi connectivity index (χ0) is 22.6. The van der Waals surface area contributed by atoms with E-state index < -0.39 is 10.0 Å². The lowest BCUT2D eigenvalue weighted by atomic mass is 10.2. The maximum absolute atomic E-state index is 12.7. The topological polar surface area (TPSA) is 93.7 Å². The lowest BCUT2D eigenvalue weighted by molar-refractivity contribution is 0.0682. The number of carbonyl (C=O) groups is 1. The maximum atomic E-state index is 12.7. The van der Waals surface area contributed by atoms with E-state index in [1.54, 1.807) is 41.8 Å². The van der Waals surface area contributed by atoms with Gasteiger partial charge in [0.2, 0.25) is 0 Å². The smallest absolute Gasteiger partial charge is 0.271 e. The molecule has 2 N–H and O–H groups in total. The maximum Gasteiger partial charge on any atom is 0.271 e. The number of nitrogens with one attached hydrogen (secondary N) is 2. The number of hydrogen-bond acceptors (Lipinski definition) is 6. The van der Waals surface area contributed by atoms with Crippen LogP contribution in [0.15, 0.2) is 64.2 Å². The molecular formula is C22H21ClN2O5S2. The van der Waals surface area contributed by atoms with Crippen LogP contribution in [0.25, 0.3) is 0 Å². The predicted molar refractivity (Wildman–Crippen MR) is 125 cm³/mol. The van der Waals surface area contributed by atoms with Crippen LogP contribution in [0.5, 0.6) is 5.75 Å². The molecule has 0 bridgehead atoms. The van der Waals surface area contributed by atoms with E-state index in [4.69, 9.17) is 21.1 Å². The fourth-order valence-corrected chi connectivity index (χ4v) is 5.41. The number of hydrogen-bond donors (Lipinski definition) is 2. The highest BCUT2D eigenvalue weighted by atomic mass is 35.5. The molecular weight excluding hydrogens is 472 g/mol. The van der Waals surface area contributed by atoms with E-state index >= 15 is 0 Å². The minimum Gasteiger partial charge on any atom is -0.489 e. The van der Waals surface area contributed by atoms with Crippen molar-refractivity contribution in [2.75, 3.05) is 23.3 Å². The molecule has 1 aromatic heterocycles. The Morgan fingerprint density at radius 2 is 2.00 bits per heavy atom. The van der Waals surface area contributed by atoms with E-state index in [-0.39, 0.29) is 16.2 Å². The average Bonchev–Trinajstić information content (AvgIpc) is 3.48. The van der Waals surface area contributed by atoms with Gasteiger partial charge in [-0.15, -0.1) is 11.3 Å². The van der Waals surface area contributed by atoms with Crippen molar-refractivity contribution >= 4 is 50.2 Å². The predicted octanol–water partition coefficient (Wildman–Crippen LogP) is 5.01. The summed E-state index contributed by atoms with van der Waals surface area (Å²) in [6.07, 6.45) is 2.00. The van der Waals surface area contributed by atoms with Crippen LogP contribution in [0.2, 0.25) is 5.02 Å². The van der Waals surface area contributed by atoms with Gasteiger partial charge in [-0.05, 0) is 66.8 Å². The van der Waals surface area contributed by atoms with Crippen LogP contribution < -0.4 is 14.8 Å². The molecule has 1 atom stereocenters. The summed E-state index contributed by atoms with van der Waals surface area (Å²) >= 11 is 7.23. The molecule has 0 saturated carbocycles. The quantitative estimate of drug-likeness (QED) is 0.461. The van der Waals surface area contributed by atoms with Gasteiger partial charge in [0.25, 0.3) is 15.9 Å². The number of thiophene rings is 1. The van der Waals surface area contributed by atoms with Crippen molar-refractivity contribution in [3.63, 3.8) is 0 Å². The Hall–Kier alpha value is -2.59. The Bertz CT molecular complexity index is 1180. The number of anilines is 2. The Balaban J connectivity index is 1.43. The fourth-order valence-electron chi connectivity index (χ4n) is 3.19. The fraction of sp³-hybridized carbons (Fsp3) is 0.227. The van der Waals surface area contributed by atoms with E-state index in [1.165, 1.54) is 18.2 Å². The van der Waals surface area contributed by atoms with E-state index in [0.717, 1.165) is 30.8 Å². The van der Waals surface area contributed by atoms with Crippen molar-refractivity contribution in [2.24, 2.45) is 0 Å². The summed E-state index contributed by atoms with van der Waals surface area (Å²) in [6.45, 7) is 1.13. The third-order valence-corrected chi connectivity index (χ3v) is 7.81. The molecule has 1 fully saturated rings. The Morgan fingerprint density at radius 1 is 1.19 bits per heavy atom. The number of ether oxygens (including phenoxy) is 2.